The van der Waals surface area contributed by atoms with E-state index in [4.69, 9.17) is 0 Å². The van der Waals surface area contributed by atoms with Crippen LogP contribution in [-0.2, 0) is 0 Å². The van der Waals surface area contributed by atoms with E-state index in [0.29, 0.717) is 10.4 Å². The third kappa shape index (κ3) is 3.22. The summed E-state index contributed by atoms with van der Waals surface area (Å²) in [5.74, 6) is -0.605. The van der Waals surface area contributed by atoms with Gasteiger partial charge in [0.05, 0.1) is 11.1 Å². The predicted octanol–water partition coefficient (Wildman–Crippen LogP) is 2.65. The zero-order valence-electron chi connectivity index (χ0n) is 8.76. The van der Waals surface area contributed by atoms with Crippen molar-refractivity contribution in [2.45, 2.75) is 0 Å². The van der Waals surface area contributed by atoms with Crippen LogP contribution in [0.2, 0.25) is 0 Å². The lowest BCUT2D eigenvalue weighted by molar-refractivity contribution is 0.0959. The fraction of sp³-hybridized carbons (Fsp3) is 0. The van der Waals surface area contributed by atoms with Gasteiger partial charge < -0.3 is 0 Å². The molecule has 0 fully saturated rings. The highest BCUT2D eigenvalue weighted by Crippen LogP contribution is 2.07. The number of hydrogen-bond donors (Lipinski definition) is 1. The standard InChI is InChI=1S/C12H9FN2OS/c13-10-4-1-3-9(7-10)8-14-15-12(16)11-5-2-6-17-11/h1-8H,(H,15,16)/b14-8+. The molecule has 1 heterocycles. The molecule has 2 aromatic rings. The van der Waals surface area contributed by atoms with Crippen LogP contribution in [0.5, 0.6) is 0 Å². The van der Waals surface area contributed by atoms with Gasteiger partial charge in [-0.3, -0.25) is 4.79 Å². The smallest absolute Gasteiger partial charge is 0.266 e. The Balaban J connectivity index is 1.96. The summed E-state index contributed by atoms with van der Waals surface area (Å²) in [6.07, 6.45) is 1.40. The summed E-state index contributed by atoms with van der Waals surface area (Å²) in [6, 6.07) is 9.46. The lowest BCUT2D eigenvalue weighted by Crippen LogP contribution is -2.16. The molecule has 1 N–H and O–H groups in total. The van der Waals surface area contributed by atoms with Gasteiger partial charge >= 0.3 is 0 Å². The number of benzene rings is 1. The average Bonchev–Trinajstić information content (AvgIpc) is 2.82. The molecule has 0 aliphatic heterocycles. The molecule has 86 valence electrons. The monoisotopic (exact) mass is 248 g/mol. The van der Waals surface area contributed by atoms with Gasteiger partial charge in [0.15, 0.2) is 0 Å². The number of rotatable bonds is 3. The highest BCUT2D eigenvalue weighted by Gasteiger charge is 2.03. The first-order valence-electron chi connectivity index (χ1n) is 4.88. The molecular weight excluding hydrogens is 239 g/mol. The number of carbonyl (C=O) groups is 1. The van der Waals surface area contributed by atoms with Crippen molar-refractivity contribution in [2.24, 2.45) is 5.10 Å². The zero-order chi connectivity index (χ0) is 12.1. The van der Waals surface area contributed by atoms with Crippen LogP contribution in [0.25, 0.3) is 0 Å². The van der Waals surface area contributed by atoms with E-state index in [1.165, 1.54) is 29.7 Å². The minimum atomic E-state index is -0.335. The number of nitrogens with zero attached hydrogens (tertiary/aromatic N) is 1. The summed E-state index contributed by atoms with van der Waals surface area (Å²) in [5, 5.41) is 5.56. The Morgan fingerprint density at radius 1 is 1.35 bits per heavy atom. The van der Waals surface area contributed by atoms with Crippen molar-refractivity contribution < 1.29 is 9.18 Å². The molecule has 0 spiro atoms. The second kappa shape index (κ2) is 5.36. The lowest BCUT2D eigenvalue weighted by atomic mass is 10.2. The van der Waals surface area contributed by atoms with E-state index in [2.05, 4.69) is 10.5 Å². The van der Waals surface area contributed by atoms with Crippen LogP contribution in [0, 0.1) is 5.82 Å². The van der Waals surface area contributed by atoms with Crippen molar-refractivity contribution in [2.75, 3.05) is 0 Å². The number of hydrazone groups is 1. The maximum absolute atomic E-state index is 12.8. The molecule has 17 heavy (non-hydrogen) atoms. The van der Waals surface area contributed by atoms with Crippen molar-refractivity contribution in [3.05, 3.63) is 58.0 Å². The predicted molar refractivity (Wildman–Crippen MR) is 65.8 cm³/mol. The topological polar surface area (TPSA) is 41.5 Å². The third-order valence-corrected chi connectivity index (χ3v) is 2.84. The Hall–Kier alpha value is -2.01. The maximum atomic E-state index is 12.8. The van der Waals surface area contributed by atoms with E-state index in [-0.39, 0.29) is 11.7 Å². The van der Waals surface area contributed by atoms with E-state index in [1.54, 1.807) is 24.3 Å². The Morgan fingerprint density at radius 3 is 2.94 bits per heavy atom. The Bertz CT molecular complexity index is 537. The van der Waals surface area contributed by atoms with Crippen LogP contribution < -0.4 is 5.43 Å². The summed E-state index contributed by atoms with van der Waals surface area (Å²) in [5.41, 5.74) is 2.97. The Morgan fingerprint density at radius 2 is 2.24 bits per heavy atom. The third-order valence-electron chi connectivity index (χ3n) is 1.97. The molecule has 2 rings (SSSR count). The van der Waals surface area contributed by atoms with Crippen molar-refractivity contribution in [1.82, 2.24) is 5.43 Å². The minimum Gasteiger partial charge on any atom is -0.266 e. The Labute approximate surface area is 102 Å². The normalized spacial score (nSPS) is 10.6. The van der Waals surface area contributed by atoms with Crippen LogP contribution in [0.15, 0.2) is 46.9 Å². The molecular formula is C12H9FN2OS. The first-order chi connectivity index (χ1) is 8.25. The van der Waals surface area contributed by atoms with E-state index in [0.717, 1.165) is 0 Å². The van der Waals surface area contributed by atoms with E-state index >= 15 is 0 Å². The summed E-state index contributed by atoms with van der Waals surface area (Å²) in [7, 11) is 0. The van der Waals surface area contributed by atoms with Crippen molar-refractivity contribution in [1.29, 1.82) is 0 Å². The largest absolute Gasteiger partial charge is 0.281 e. The van der Waals surface area contributed by atoms with Crippen molar-refractivity contribution in [3.8, 4) is 0 Å². The lowest BCUT2D eigenvalue weighted by Gasteiger charge is -1.96. The molecule has 0 atom stereocenters. The molecule has 0 aliphatic carbocycles. The van der Waals surface area contributed by atoms with Gasteiger partial charge in [0.2, 0.25) is 0 Å². The van der Waals surface area contributed by atoms with E-state index < -0.39 is 0 Å². The van der Waals surface area contributed by atoms with Gasteiger partial charge in [-0.05, 0) is 29.1 Å². The van der Waals surface area contributed by atoms with Gasteiger partial charge in [-0.25, -0.2) is 9.82 Å². The molecule has 0 radical (unpaired) electrons. The number of carbonyl (C=O) groups excluding carboxylic acids is 1. The molecule has 0 unspecified atom stereocenters. The molecule has 1 amide bonds. The van der Waals surface area contributed by atoms with Crippen LogP contribution in [0.3, 0.4) is 0 Å². The van der Waals surface area contributed by atoms with Gasteiger partial charge in [0.1, 0.15) is 5.82 Å². The maximum Gasteiger partial charge on any atom is 0.281 e. The molecule has 1 aromatic carbocycles. The number of hydrogen-bond acceptors (Lipinski definition) is 3. The van der Waals surface area contributed by atoms with Crippen LogP contribution in [-0.4, -0.2) is 12.1 Å². The van der Waals surface area contributed by atoms with Crippen molar-refractivity contribution >= 4 is 23.5 Å². The highest BCUT2D eigenvalue weighted by atomic mass is 32.1. The molecule has 0 bridgehead atoms. The first-order valence-corrected chi connectivity index (χ1v) is 5.76. The van der Waals surface area contributed by atoms with Gasteiger partial charge in [0.25, 0.3) is 5.91 Å². The van der Waals surface area contributed by atoms with E-state index in [1.807, 2.05) is 5.38 Å². The zero-order valence-corrected chi connectivity index (χ0v) is 9.58. The molecule has 5 heteroatoms. The summed E-state index contributed by atoms with van der Waals surface area (Å²) in [6.45, 7) is 0. The van der Waals surface area contributed by atoms with Crippen molar-refractivity contribution in [3.63, 3.8) is 0 Å². The fourth-order valence-corrected chi connectivity index (χ4v) is 1.83. The number of amides is 1. The summed E-state index contributed by atoms with van der Waals surface area (Å²) in [4.78, 5) is 12.1. The minimum absolute atomic E-state index is 0.271. The number of halogens is 1. The van der Waals surface area contributed by atoms with Gasteiger partial charge in [-0.15, -0.1) is 11.3 Å². The molecule has 3 nitrogen and oxygen atoms in total. The second-order valence-corrected chi connectivity index (χ2v) is 4.18. The number of nitrogens with one attached hydrogen (secondary N) is 1. The van der Waals surface area contributed by atoms with Crippen LogP contribution in [0.1, 0.15) is 15.2 Å². The molecule has 1 aromatic heterocycles. The highest BCUT2D eigenvalue weighted by molar-refractivity contribution is 7.12. The van der Waals surface area contributed by atoms with Gasteiger partial charge in [-0.1, -0.05) is 18.2 Å². The first kappa shape index (κ1) is 11.5. The fourth-order valence-electron chi connectivity index (χ4n) is 1.22. The van der Waals surface area contributed by atoms with Crippen LogP contribution >= 0.6 is 11.3 Å². The Kier molecular flexibility index (Phi) is 3.62. The van der Waals surface area contributed by atoms with Gasteiger partial charge in [-0.2, -0.15) is 5.10 Å². The number of thiophene rings is 1. The quantitative estimate of drug-likeness (QED) is 0.658. The van der Waals surface area contributed by atoms with E-state index in [9.17, 15) is 9.18 Å². The van der Waals surface area contributed by atoms with Crippen LogP contribution in [0.4, 0.5) is 4.39 Å². The molecule has 0 saturated heterocycles. The second-order valence-electron chi connectivity index (χ2n) is 3.23. The van der Waals surface area contributed by atoms with Gasteiger partial charge in [0, 0.05) is 0 Å². The summed E-state index contributed by atoms with van der Waals surface area (Å²) < 4.78 is 12.8. The average molecular weight is 248 g/mol. The summed E-state index contributed by atoms with van der Waals surface area (Å²) >= 11 is 1.33. The molecule has 0 saturated carbocycles. The molecule has 0 aliphatic rings. The SMILES string of the molecule is O=C(N/N=C/c1cccc(F)c1)c1cccs1.